The molecule has 6 heteroatoms. The van der Waals surface area contributed by atoms with Crippen molar-refractivity contribution < 1.29 is 9.18 Å². The highest BCUT2D eigenvalue weighted by atomic mass is 19.1. The predicted molar refractivity (Wildman–Crippen MR) is 110 cm³/mol. The molecule has 2 aromatic carbocycles. The average molecular weight is 376 g/mol. The van der Waals surface area contributed by atoms with Crippen molar-refractivity contribution in [2.45, 2.75) is 12.8 Å². The summed E-state index contributed by atoms with van der Waals surface area (Å²) in [5, 5.41) is 5.83. The van der Waals surface area contributed by atoms with Crippen LogP contribution in [0.1, 0.15) is 23.3 Å². The van der Waals surface area contributed by atoms with Crippen LogP contribution >= 0.6 is 0 Å². The number of carbonyl (C=O) groups excluding carboxylic acids is 1. The monoisotopic (exact) mass is 376 g/mol. The maximum Gasteiger partial charge on any atom is 0.274 e. The number of nitrogens with one attached hydrogen (secondary N) is 2. The van der Waals surface area contributed by atoms with Crippen molar-refractivity contribution in [1.29, 1.82) is 0 Å². The smallest absolute Gasteiger partial charge is 0.274 e. The molecule has 0 aliphatic carbocycles. The van der Waals surface area contributed by atoms with Crippen molar-refractivity contribution in [3.05, 3.63) is 78.4 Å². The van der Waals surface area contributed by atoms with Crippen molar-refractivity contribution in [3.8, 4) is 0 Å². The van der Waals surface area contributed by atoms with Gasteiger partial charge in [0.05, 0.1) is 5.69 Å². The van der Waals surface area contributed by atoms with E-state index in [1.807, 2.05) is 24.3 Å². The highest BCUT2D eigenvalue weighted by molar-refractivity contribution is 6.03. The van der Waals surface area contributed by atoms with Crippen molar-refractivity contribution >= 4 is 28.7 Å². The van der Waals surface area contributed by atoms with E-state index in [0.29, 0.717) is 17.1 Å². The molecule has 0 bridgehead atoms. The number of anilines is 4. The zero-order valence-electron chi connectivity index (χ0n) is 15.4. The summed E-state index contributed by atoms with van der Waals surface area (Å²) in [6, 6.07) is 17.5. The Labute approximate surface area is 163 Å². The number of hydrogen-bond donors (Lipinski definition) is 2. The number of halogens is 1. The first kappa shape index (κ1) is 18.0. The molecule has 1 amide bonds. The molecule has 0 unspecified atom stereocenters. The summed E-state index contributed by atoms with van der Waals surface area (Å²) in [4.78, 5) is 19.0. The van der Waals surface area contributed by atoms with E-state index >= 15 is 0 Å². The van der Waals surface area contributed by atoms with E-state index in [0.717, 1.165) is 13.1 Å². The highest BCUT2D eigenvalue weighted by Gasteiger charge is 2.13. The van der Waals surface area contributed by atoms with Crippen LogP contribution in [0.15, 0.2) is 66.9 Å². The molecule has 1 fully saturated rings. The van der Waals surface area contributed by atoms with Gasteiger partial charge in [0.25, 0.3) is 5.91 Å². The number of para-hydroxylation sites is 1. The number of carbonyl (C=O) groups is 1. The predicted octanol–water partition coefficient (Wildman–Crippen LogP) is 4.82. The molecule has 1 aliphatic heterocycles. The fourth-order valence-electron chi connectivity index (χ4n) is 3.28. The largest absolute Gasteiger partial charge is 0.372 e. The van der Waals surface area contributed by atoms with Gasteiger partial charge >= 0.3 is 0 Å². The van der Waals surface area contributed by atoms with Gasteiger partial charge in [-0.3, -0.25) is 9.78 Å². The van der Waals surface area contributed by atoms with Gasteiger partial charge < -0.3 is 15.5 Å². The molecule has 1 aromatic heterocycles. The Morgan fingerprint density at radius 3 is 2.46 bits per heavy atom. The second-order valence-electron chi connectivity index (χ2n) is 6.73. The van der Waals surface area contributed by atoms with E-state index < -0.39 is 0 Å². The molecule has 1 aliphatic rings. The van der Waals surface area contributed by atoms with Crippen molar-refractivity contribution in [3.63, 3.8) is 0 Å². The van der Waals surface area contributed by atoms with E-state index in [2.05, 4.69) is 20.5 Å². The summed E-state index contributed by atoms with van der Waals surface area (Å²) >= 11 is 0. The van der Waals surface area contributed by atoms with Crippen LogP contribution < -0.4 is 15.5 Å². The molecule has 1 saturated heterocycles. The summed E-state index contributed by atoms with van der Waals surface area (Å²) in [6.45, 7) is 2.16. The third-order valence-electron chi connectivity index (χ3n) is 4.74. The first-order valence-corrected chi connectivity index (χ1v) is 9.33. The van der Waals surface area contributed by atoms with Gasteiger partial charge in [0.1, 0.15) is 11.5 Å². The zero-order valence-corrected chi connectivity index (χ0v) is 15.4. The lowest BCUT2D eigenvalue weighted by Crippen LogP contribution is -2.17. The van der Waals surface area contributed by atoms with Crippen LogP contribution in [0.25, 0.3) is 0 Å². The molecular formula is C22H21FN4O. The minimum atomic E-state index is -0.358. The fourth-order valence-corrected chi connectivity index (χ4v) is 3.28. The van der Waals surface area contributed by atoms with Gasteiger partial charge in [-0.1, -0.05) is 12.1 Å². The lowest BCUT2D eigenvalue weighted by atomic mass is 10.2. The van der Waals surface area contributed by atoms with Crippen LogP contribution in [0.5, 0.6) is 0 Å². The number of hydrogen-bond acceptors (Lipinski definition) is 4. The van der Waals surface area contributed by atoms with E-state index in [9.17, 15) is 9.18 Å². The third-order valence-corrected chi connectivity index (χ3v) is 4.74. The molecule has 0 saturated carbocycles. The maximum atomic E-state index is 13.8. The summed E-state index contributed by atoms with van der Waals surface area (Å²) in [7, 11) is 0. The first-order valence-electron chi connectivity index (χ1n) is 9.33. The molecule has 28 heavy (non-hydrogen) atoms. The van der Waals surface area contributed by atoms with E-state index in [1.165, 1.54) is 30.8 Å². The Kier molecular flexibility index (Phi) is 5.19. The summed E-state index contributed by atoms with van der Waals surface area (Å²) in [6.07, 6.45) is 3.97. The van der Waals surface area contributed by atoms with Crippen LogP contribution in [0.4, 0.5) is 27.1 Å². The molecule has 2 N–H and O–H groups in total. The first-order chi connectivity index (χ1) is 13.7. The lowest BCUT2D eigenvalue weighted by molar-refractivity contribution is 0.102. The Bertz CT molecular complexity index is 968. The molecule has 142 valence electrons. The standard InChI is InChI=1S/C22H21FN4O/c23-19-5-1-2-6-20(19)25-17-11-12-24-21(15-17)22(28)26-16-7-9-18(10-8-16)27-13-3-4-14-27/h1-2,5-12,15H,3-4,13-14H2,(H,24,25)(H,26,28). The number of nitrogens with zero attached hydrogens (tertiary/aromatic N) is 2. The van der Waals surface area contributed by atoms with Crippen LogP contribution in [-0.4, -0.2) is 24.0 Å². The molecule has 3 aromatic rings. The number of amides is 1. The van der Waals surface area contributed by atoms with Crippen LogP contribution in [0, 0.1) is 5.82 Å². The topological polar surface area (TPSA) is 57.3 Å². The average Bonchev–Trinajstić information content (AvgIpc) is 3.25. The van der Waals surface area contributed by atoms with Gasteiger partial charge in [-0.2, -0.15) is 0 Å². The molecule has 0 atom stereocenters. The summed E-state index contributed by atoms with van der Waals surface area (Å²) in [5.74, 6) is -0.672. The maximum absolute atomic E-state index is 13.8. The second-order valence-corrected chi connectivity index (χ2v) is 6.73. The minimum absolute atomic E-state index is 0.255. The van der Waals surface area contributed by atoms with Gasteiger partial charge in [-0.05, 0) is 61.4 Å². The Balaban J connectivity index is 1.44. The molecule has 4 rings (SSSR count). The number of rotatable bonds is 5. The Hall–Kier alpha value is -3.41. The van der Waals surface area contributed by atoms with Gasteiger partial charge in [0.15, 0.2) is 0 Å². The zero-order chi connectivity index (χ0) is 19.3. The van der Waals surface area contributed by atoms with Crippen molar-refractivity contribution in [2.24, 2.45) is 0 Å². The van der Waals surface area contributed by atoms with Crippen LogP contribution in [0.3, 0.4) is 0 Å². The van der Waals surface area contributed by atoms with Crippen LogP contribution in [0.2, 0.25) is 0 Å². The van der Waals surface area contributed by atoms with Crippen LogP contribution in [-0.2, 0) is 0 Å². The summed E-state index contributed by atoms with van der Waals surface area (Å²) in [5.41, 5.74) is 3.07. The quantitative estimate of drug-likeness (QED) is 0.670. The molecular weight excluding hydrogens is 355 g/mol. The second kappa shape index (κ2) is 8.08. The third kappa shape index (κ3) is 4.11. The molecule has 2 heterocycles. The molecule has 0 radical (unpaired) electrons. The summed E-state index contributed by atoms with van der Waals surface area (Å²) < 4.78 is 13.8. The molecule has 5 nitrogen and oxygen atoms in total. The van der Waals surface area contributed by atoms with Gasteiger partial charge in [-0.15, -0.1) is 0 Å². The van der Waals surface area contributed by atoms with E-state index in [4.69, 9.17) is 0 Å². The van der Waals surface area contributed by atoms with Gasteiger partial charge in [0, 0.05) is 36.3 Å². The normalized spacial score (nSPS) is 13.4. The number of pyridine rings is 1. The van der Waals surface area contributed by atoms with Gasteiger partial charge in [0.2, 0.25) is 0 Å². The van der Waals surface area contributed by atoms with E-state index in [-0.39, 0.29) is 17.4 Å². The fraction of sp³-hybridized carbons (Fsp3) is 0.182. The molecule has 0 spiro atoms. The lowest BCUT2D eigenvalue weighted by Gasteiger charge is -2.17. The Morgan fingerprint density at radius 1 is 0.964 bits per heavy atom. The van der Waals surface area contributed by atoms with Crippen molar-refractivity contribution in [2.75, 3.05) is 28.6 Å². The Morgan fingerprint density at radius 2 is 1.71 bits per heavy atom. The highest BCUT2D eigenvalue weighted by Crippen LogP contribution is 2.23. The number of benzene rings is 2. The number of aromatic nitrogens is 1. The van der Waals surface area contributed by atoms with Crippen molar-refractivity contribution in [1.82, 2.24) is 4.98 Å². The minimum Gasteiger partial charge on any atom is -0.372 e. The van der Waals surface area contributed by atoms with Gasteiger partial charge in [-0.25, -0.2) is 4.39 Å². The van der Waals surface area contributed by atoms with E-state index in [1.54, 1.807) is 30.3 Å². The SMILES string of the molecule is O=C(Nc1ccc(N2CCCC2)cc1)c1cc(Nc2ccccc2F)ccn1.